The Morgan fingerprint density at radius 1 is 1.11 bits per heavy atom. The van der Waals surface area contributed by atoms with E-state index in [2.05, 4.69) is 0 Å². The second-order valence-corrected chi connectivity index (χ2v) is 5.12. The van der Waals surface area contributed by atoms with Crippen LogP contribution in [0.1, 0.15) is 12.8 Å². The summed E-state index contributed by atoms with van der Waals surface area (Å²) in [6, 6.07) is -0.102. The van der Waals surface area contributed by atoms with Gasteiger partial charge in [0, 0.05) is 0 Å². The van der Waals surface area contributed by atoms with Gasteiger partial charge >= 0.3 is 35.3 Å². The van der Waals surface area contributed by atoms with Gasteiger partial charge < -0.3 is 11.5 Å². The molecule has 1 fully saturated rings. The summed E-state index contributed by atoms with van der Waals surface area (Å²) in [7, 11) is 9.75. The molecule has 2 N–H and O–H groups in total. The van der Waals surface area contributed by atoms with Crippen LogP contribution in [0, 0.1) is 0 Å². The second kappa shape index (κ2) is 5.93. The maximum absolute atomic E-state index is 6.93. The summed E-state index contributed by atoms with van der Waals surface area (Å²) in [5, 5.41) is 0. The first-order valence-corrected chi connectivity index (χ1v) is 8.10. The van der Waals surface area contributed by atoms with Crippen LogP contribution in [0.2, 0.25) is 0 Å². The van der Waals surface area contributed by atoms with E-state index in [0.29, 0.717) is 0 Å². The second-order valence-electron chi connectivity index (χ2n) is 1.84. The summed E-state index contributed by atoms with van der Waals surface area (Å²) in [4.78, 5) is 0. The Bertz CT molecular complexity index is 65.6. The minimum absolute atomic E-state index is 0.0509. The molecule has 1 aliphatic carbocycles. The molecule has 0 aromatic rings. The van der Waals surface area contributed by atoms with Crippen LogP contribution in [0.5, 0.6) is 0 Å². The van der Waals surface area contributed by atoms with E-state index in [0.717, 1.165) is 12.8 Å². The van der Waals surface area contributed by atoms with Crippen LogP contribution in [0.4, 0.5) is 0 Å². The number of nitrogens with one attached hydrogen (secondary N) is 2. The Morgan fingerprint density at radius 2 is 1.33 bits per heavy atom. The van der Waals surface area contributed by atoms with E-state index >= 15 is 0 Å². The van der Waals surface area contributed by atoms with Crippen LogP contribution in [-0.2, 0) is 16.5 Å². The summed E-state index contributed by atoms with van der Waals surface area (Å²) in [6.07, 6.45) is 1.91. The van der Waals surface area contributed by atoms with Crippen molar-refractivity contribution in [3.8, 4) is 0 Å². The third-order valence-corrected chi connectivity index (χ3v) is 1.27. The van der Waals surface area contributed by atoms with Crippen molar-refractivity contribution in [3.05, 3.63) is 11.5 Å². The summed E-state index contributed by atoms with van der Waals surface area (Å²) in [5.74, 6) is 0. The van der Waals surface area contributed by atoms with Crippen LogP contribution in [0.15, 0.2) is 0 Å². The molecule has 2 nitrogen and oxygen atoms in total. The third-order valence-electron chi connectivity index (χ3n) is 1.27. The van der Waals surface area contributed by atoms with Crippen LogP contribution < -0.4 is 0 Å². The molecule has 9 heavy (non-hydrogen) atoms. The molecule has 5 heteroatoms. The predicted molar refractivity (Wildman–Crippen MR) is 37.2 cm³/mol. The van der Waals surface area contributed by atoms with Gasteiger partial charge in [0.25, 0.3) is 0 Å². The van der Waals surface area contributed by atoms with Crippen molar-refractivity contribution in [1.82, 2.24) is 0 Å². The molecule has 58 valence electrons. The molecule has 2 atom stereocenters. The largest absolute Gasteiger partial charge is 0.676 e. The van der Waals surface area contributed by atoms with Crippen molar-refractivity contribution in [1.29, 1.82) is 0 Å². The molecule has 2 unspecified atom stereocenters. The standard InChI is InChI=1S/C4H8N2.2ClH.Pt/c5-3-1-2-4(3)6;;;/h3-6H,1-2H2;2*1H;/q-2;;;+4/p-2. The molecule has 0 saturated heterocycles. The summed E-state index contributed by atoms with van der Waals surface area (Å²) in [5.41, 5.74) is 13.9. The first-order chi connectivity index (χ1) is 4.22. The molecule has 0 amide bonds. The average molecular weight is 350 g/mol. The van der Waals surface area contributed by atoms with Gasteiger partial charge in [0.15, 0.2) is 0 Å². The van der Waals surface area contributed by atoms with Gasteiger partial charge in [-0.3, -0.25) is 0 Å². The maximum atomic E-state index is 6.93. The van der Waals surface area contributed by atoms with E-state index < -0.39 is 16.5 Å². The fourth-order valence-corrected chi connectivity index (χ4v) is 0.500. The number of rotatable bonds is 0. The van der Waals surface area contributed by atoms with Gasteiger partial charge in [0.05, 0.1) is 0 Å². The Morgan fingerprint density at radius 3 is 1.33 bits per heavy atom. The topological polar surface area (TPSA) is 47.6 Å². The Balaban J connectivity index is 0.000000187. The van der Waals surface area contributed by atoms with Gasteiger partial charge in [-0.05, 0) is 0 Å². The Hall–Kier alpha value is 1.19. The van der Waals surface area contributed by atoms with E-state index in [4.69, 9.17) is 30.3 Å². The Kier molecular flexibility index (Phi) is 6.72. The van der Waals surface area contributed by atoms with Gasteiger partial charge in [0.1, 0.15) is 0 Å². The average Bonchev–Trinajstić information content (AvgIpc) is 1.86. The van der Waals surface area contributed by atoms with E-state index in [1.807, 2.05) is 0 Å². The molecule has 0 radical (unpaired) electrons. The van der Waals surface area contributed by atoms with E-state index in [-0.39, 0.29) is 12.1 Å². The van der Waals surface area contributed by atoms with E-state index in [9.17, 15) is 0 Å². The zero-order chi connectivity index (χ0) is 7.28. The van der Waals surface area contributed by atoms with Crippen molar-refractivity contribution >= 4 is 18.8 Å². The van der Waals surface area contributed by atoms with Crippen molar-refractivity contribution in [2.45, 2.75) is 24.9 Å². The number of hydrogen-bond donors (Lipinski definition) is 0. The minimum atomic E-state index is -0.472. The van der Waals surface area contributed by atoms with Crippen LogP contribution in [0.25, 0.3) is 11.5 Å². The maximum Gasteiger partial charge on any atom is -0.0724 e. The molecule has 0 heterocycles. The summed E-state index contributed by atoms with van der Waals surface area (Å²) in [6.45, 7) is 0. The molecule has 0 aromatic heterocycles. The summed E-state index contributed by atoms with van der Waals surface area (Å²) < 4.78 is 0. The first-order valence-electron chi connectivity index (χ1n) is 2.47. The monoisotopic (exact) mass is 349 g/mol. The normalized spacial score (nSPS) is 32.4. The third kappa shape index (κ3) is 4.57. The molecule has 1 rings (SSSR count). The molecule has 0 aromatic carbocycles. The van der Waals surface area contributed by atoms with Crippen LogP contribution in [-0.4, -0.2) is 12.1 Å². The number of halogens is 2. The van der Waals surface area contributed by atoms with E-state index in [1.54, 1.807) is 0 Å². The fourth-order valence-electron chi connectivity index (χ4n) is 0.500. The SMILES string of the molecule is [Cl][Pt+2][Cl].[NH-]C1CCC1[NH-]. The van der Waals surface area contributed by atoms with Crippen molar-refractivity contribution in [3.63, 3.8) is 0 Å². The van der Waals surface area contributed by atoms with Gasteiger partial charge in [-0.2, -0.15) is 12.1 Å². The Labute approximate surface area is 71.6 Å². The fraction of sp³-hybridized carbons (Fsp3) is 1.00. The molecule has 1 aliphatic rings. The molecule has 0 aliphatic heterocycles. The molecular weight excluding hydrogens is 342 g/mol. The molecule has 0 bridgehead atoms. The van der Waals surface area contributed by atoms with Crippen molar-refractivity contribution < 1.29 is 16.5 Å². The molecule has 0 spiro atoms. The van der Waals surface area contributed by atoms with Crippen LogP contribution in [0.3, 0.4) is 0 Å². The van der Waals surface area contributed by atoms with Gasteiger partial charge in [-0.1, -0.05) is 12.8 Å². The zero-order valence-corrected chi connectivity index (χ0v) is 8.43. The molecule has 1 saturated carbocycles. The molecular formula is C4H8Cl2N2Pt. The zero-order valence-electron chi connectivity index (χ0n) is 4.64. The van der Waals surface area contributed by atoms with Crippen molar-refractivity contribution in [2.24, 2.45) is 0 Å². The quantitative estimate of drug-likeness (QED) is 0.645. The predicted octanol–water partition coefficient (Wildman–Crippen LogP) is 3.00. The van der Waals surface area contributed by atoms with Crippen LogP contribution >= 0.6 is 18.8 Å². The van der Waals surface area contributed by atoms with Gasteiger partial charge in [-0.15, -0.1) is 0 Å². The minimum Gasteiger partial charge on any atom is -0.676 e. The van der Waals surface area contributed by atoms with E-state index in [1.165, 1.54) is 0 Å². The van der Waals surface area contributed by atoms with Gasteiger partial charge in [0.2, 0.25) is 0 Å². The van der Waals surface area contributed by atoms with Crippen molar-refractivity contribution in [2.75, 3.05) is 0 Å². The van der Waals surface area contributed by atoms with Gasteiger partial charge in [-0.25, -0.2) is 0 Å². The smallest absolute Gasteiger partial charge is 0.0724 e. The summed E-state index contributed by atoms with van der Waals surface area (Å²) >= 11 is -0.472. The number of hydrogen-bond acceptors (Lipinski definition) is 0. The first kappa shape index (κ1) is 10.2.